The quantitative estimate of drug-likeness (QED) is 0.305. The molecule has 1 N–H and O–H groups in total. The van der Waals surface area contributed by atoms with E-state index in [1.807, 2.05) is 58.9 Å². The highest BCUT2D eigenvalue weighted by atomic mass is 32.2. The lowest BCUT2D eigenvalue weighted by atomic mass is 9.65. The fourth-order valence-corrected chi connectivity index (χ4v) is 9.96. The van der Waals surface area contributed by atoms with E-state index in [4.69, 9.17) is 4.74 Å². The maximum absolute atomic E-state index is 14.8. The number of rotatable bonds is 14. The van der Waals surface area contributed by atoms with Gasteiger partial charge in [-0.25, -0.2) is 0 Å². The summed E-state index contributed by atoms with van der Waals surface area (Å²) >= 11 is 1.66. The first-order valence-electron chi connectivity index (χ1n) is 15.7. The SMILES string of the molecule is C=CCN(C(=O)[C@@H]1[C@@H]2CC(C)C3(S2)C(C(=O)N(CC=C)C(C)C)N([C@@H](CO)[C@@H](C)CC)C(=O)[C@H]13)c1ccc(OCC)cc1. The van der Waals surface area contributed by atoms with Crippen LogP contribution in [-0.4, -0.2) is 87.1 Å². The highest BCUT2D eigenvalue weighted by Gasteiger charge is 2.77. The third-order valence-corrected chi connectivity index (χ3v) is 11.9. The number of carbonyl (C=O) groups excluding carboxylic acids is 3. The van der Waals surface area contributed by atoms with Gasteiger partial charge in [0.15, 0.2) is 0 Å². The van der Waals surface area contributed by atoms with Crippen LogP contribution in [0.2, 0.25) is 0 Å². The van der Waals surface area contributed by atoms with Gasteiger partial charge in [0, 0.05) is 30.1 Å². The fraction of sp³-hybridized carbons (Fsp3) is 0.618. The molecule has 3 aliphatic rings. The number of benzene rings is 1. The Morgan fingerprint density at radius 3 is 2.33 bits per heavy atom. The molecule has 3 unspecified atom stereocenters. The van der Waals surface area contributed by atoms with Crippen molar-refractivity contribution < 1.29 is 24.2 Å². The van der Waals surface area contributed by atoms with Gasteiger partial charge in [-0.05, 0) is 63.3 Å². The van der Waals surface area contributed by atoms with Crippen molar-refractivity contribution in [1.82, 2.24) is 9.80 Å². The molecule has 0 aromatic heterocycles. The molecule has 1 spiro atoms. The van der Waals surface area contributed by atoms with Gasteiger partial charge in [0.05, 0.1) is 35.8 Å². The predicted octanol–water partition coefficient (Wildman–Crippen LogP) is 4.77. The summed E-state index contributed by atoms with van der Waals surface area (Å²) in [7, 11) is 0. The van der Waals surface area contributed by atoms with Crippen molar-refractivity contribution in [2.24, 2.45) is 23.7 Å². The van der Waals surface area contributed by atoms with Gasteiger partial charge in [0.2, 0.25) is 17.7 Å². The molecule has 236 valence electrons. The zero-order chi connectivity index (χ0) is 31.6. The zero-order valence-corrected chi connectivity index (χ0v) is 27.4. The number of hydrogen-bond acceptors (Lipinski definition) is 6. The number of amides is 3. The number of carbonyl (C=O) groups is 3. The summed E-state index contributed by atoms with van der Waals surface area (Å²) in [5.74, 6) is -0.983. The van der Waals surface area contributed by atoms with E-state index < -0.39 is 28.7 Å². The molecule has 3 amide bonds. The molecule has 0 aliphatic carbocycles. The second-order valence-electron chi connectivity index (χ2n) is 12.5. The van der Waals surface area contributed by atoms with Gasteiger partial charge < -0.3 is 24.5 Å². The van der Waals surface area contributed by atoms with Crippen molar-refractivity contribution in [1.29, 1.82) is 0 Å². The lowest BCUT2D eigenvalue weighted by Gasteiger charge is -2.43. The number of aliphatic hydroxyl groups is 1. The average Bonchev–Trinajstić information content (AvgIpc) is 3.58. The Morgan fingerprint density at radius 1 is 1.14 bits per heavy atom. The molecular weight excluding hydrogens is 562 g/mol. The third-order valence-electron chi connectivity index (χ3n) is 9.82. The number of hydrogen-bond donors (Lipinski definition) is 1. The van der Waals surface area contributed by atoms with Crippen LogP contribution in [0.15, 0.2) is 49.6 Å². The zero-order valence-electron chi connectivity index (χ0n) is 26.6. The van der Waals surface area contributed by atoms with E-state index in [-0.39, 0.29) is 47.5 Å². The van der Waals surface area contributed by atoms with Crippen LogP contribution < -0.4 is 9.64 Å². The normalized spacial score (nSPS) is 28.9. The number of likely N-dealkylation sites (tertiary alicyclic amines) is 1. The summed E-state index contributed by atoms with van der Waals surface area (Å²) in [6.45, 7) is 20.8. The number of thioether (sulfide) groups is 1. The van der Waals surface area contributed by atoms with Crippen molar-refractivity contribution >= 4 is 35.2 Å². The molecule has 9 heteroatoms. The lowest BCUT2D eigenvalue weighted by Crippen LogP contribution is -2.61. The topological polar surface area (TPSA) is 90.4 Å². The summed E-state index contributed by atoms with van der Waals surface area (Å²) in [6, 6.07) is 6.00. The van der Waals surface area contributed by atoms with Gasteiger partial charge in [-0.1, -0.05) is 39.3 Å². The summed E-state index contributed by atoms with van der Waals surface area (Å²) in [6.07, 6.45) is 4.89. The second kappa shape index (κ2) is 13.5. The van der Waals surface area contributed by atoms with E-state index >= 15 is 0 Å². The Kier molecular flexibility index (Phi) is 10.4. The van der Waals surface area contributed by atoms with Crippen LogP contribution in [0, 0.1) is 23.7 Å². The smallest absolute Gasteiger partial charge is 0.247 e. The monoisotopic (exact) mass is 611 g/mol. The van der Waals surface area contributed by atoms with Gasteiger partial charge in [-0.3, -0.25) is 14.4 Å². The minimum absolute atomic E-state index is 0.0286. The van der Waals surface area contributed by atoms with E-state index in [9.17, 15) is 19.5 Å². The van der Waals surface area contributed by atoms with Crippen LogP contribution in [0.5, 0.6) is 5.75 Å². The fourth-order valence-electron chi connectivity index (χ4n) is 7.56. The minimum atomic E-state index is -0.778. The Bertz CT molecular complexity index is 1200. The van der Waals surface area contributed by atoms with Crippen molar-refractivity contribution in [2.45, 2.75) is 82.5 Å². The maximum Gasteiger partial charge on any atom is 0.247 e. The van der Waals surface area contributed by atoms with Crippen LogP contribution in [-0.2, 0) is 14.4 Å². The molecule has 8 atom stereocenters. The Labute approximate surface area is 261 Å². The second-order valence-corrected chi connectivity index (χ2v) is 14.0. The molecule has 3 saturated heterocycles. The number of nitrogens with zero attached hydrogens (tertiary/aromatic N) is 3. The molecule has 3 fully saturated rings. The molecule has 0 saturated carbocycles. The highest BCUT2D eigenvalue weighted by Crippen LogP contribution is 2.69. The molecule has 3 heterocycles. The van der Waals surface area contributed by atoms with Crippen LogP contribution in [0.25, 0.3) is 0 Å². The summed E-state index contributed by atoms with van der Waals surface area (Å²) < 4.78 is 4.83. The maximum atomic E-state index is 14.8. The van der Waals surface area contributed by atoms with E-state index in [0.29, 0.717) is 25.4 Å². The Morgan fingerprint density at radius 2 is 1.79 bits per heavy atom. The first-order valence-corrected chi connectivity index (χ1v) is 16.6. The van der Waals surface area contributed by atoms with Crippen molar-refractivity contribution in [3.8, 4) is 5.75 Å². The van der Waals surface area contributed by atoms with Crippen LogP contribution in [0.1, 0.15) is 54.4 Å². The number of aliphatic hydroxyl groups excluding tert-OH is 1. The van der Waals surface area contributed by atoms with Gasteiger partial charge in [-0.15, -0.1) is 24.9 Å². The number of anilines is 1. The average molecular weight is 612 g/mol. The minimum Gasteiger partial charge on any atom is -0.494 e. The molecule has 43 heavy (non-hydrogen) atoms. The summed E-state index contributed by atoms with van der Waals surface area (Å²) in [5, 5.41) is 10.6. The van der Waals surface area contributed by atoms with Crippen LogP contribution in [0.3, 0.4) is 0 Å². The Hall–Kier alpha value is -2.78. The van der Waals surface area contributed by atoms with Crippen molar-refractivity contribution in [2.75, 3.05) is 31.2 Å². The molecule has 1 aromatic rings. The van der Waals surface area contributed by atoms with Gasteiger partial charge in [0.1, 0.15) is 11.8 Å². The Balaban J connectivity index is 1.83. The van der Waals surface area contributed by atoms with Gasteiger partial charge in [0.25, 0.3) is 0 Å². The molecule has 3 aliphatic heterocycles. The largest absolute Gasteiger partial charge is 0.494 e. The molecule has 2 bridgehead atoms. The van der Waals surface area contributed by atoms with E-state index in [2.05, 4.69) is 20.1 Å². The van der Waals surface area contributed by atoms with E-state index in [1.165, 1.54) is 0 Å². The van der Waals surface area contributed by atoms with E-state index in [1.54, 1.807) is 38.6 Å². The number of fused-ring (bicyclic) bond motifs is 1. The standard InChI is InChI=1S/C34H49N3O5S/c1-9-17-35(21(5)6)33(41)30-34-23(8)19-27(43-34)28(29(34)32(40)37(30)26(20-38)22(7)11-3)31(39)36(18-10-2)24-13-15-25(16-14-24)42-12-4/h9-10,13-16,21-23,26-30,38H,1-2,11-12,17-20H2,3-8H3/t22-,23?,26-,27-,28+,29-,30?,34?/m0/s1. The van der Waals surface area contributed by atoms with Gasteiger partial charge >= 0.3 is 0 Å². The first-order chi connectivity index (χ1) is 20.5. The summed E-state index contributed by atoms with van der Waals surface area (Å²) in [4.78, 5) is 49.1. The molecule has 8 nitrogen and oxygen atoms in total. The highest BCUT2D eigenvalue weighted by molar-refractivity contribution is 8.02. The molecule has 4 rings (SSSR count). The molecule has 1 aromatic carbocycles. The lowest BCUT2D eigenvalue weighted by molar-refractivity contribution is -0.147. The first kappa shape index (κ1) is 33.1. The van der Waals surface area contributed by atoms with E-state index in [0.717, 1.165) is 18.6 Å². The third kappa shape index (κ3) is 5.52. The van der Waals surface area contributed by atoms with Gasteiger partial charge in [-0.2, -0.15) is 0 Å². The van der Waals surface area contributed by atoms with Crippen LogP contribution >= 0.6 is 11.8 Å². The van der Waals surface area contributed by atoms with Crippen molar-refractivity contribution in [3.05, 3.63) is 49.6 Å². The number of ether oxygens (including phenoxy) is 1. The van der Waals surface area contributed by atoms with Crippen LogP contribution in [0.4, 0.5) is 5.69 Å². The van der Waals surface area contributed by atoms with Crippen molar-refractivity contribution in [3.63, 3.8) is 0 Å². The molecule has 0 radical (unpaired) electrons. The predicted molar refractivity (Wildman–Crippen MR) is 173 cm³/mol. The molecular formula is C34H49N3O5S. The summed E-state index contributed by atoms with van der Waals surface area (Å²) in [5.41, 5.74) is 0.711.